The molecule has 0 spiro atoms. The van der Waals surface area contributed by atoms with E-state index in [0.717, 1.165) is 51.0 Å². The van der Waals surface area contributed by atoms with Gasteiger partial charge in [0.1, 0.15) is 0 Å². The highest BCUT2D eigenvalue weighted by atomic mass is 127. The molecule has 2 heterocycles. The standard InChI is InChI=1S/C20H30N6O.HI/c1-3-21-20(22-15-17(2)25-11-13-27-14-12-25)23-16-18-5-7-19(8-6-18)26-10-4-9-24-26;/h4-10,17H,3,11-16H2,1-2H3,(H2,21,22,23);1H. The molecule has 28 heavy (non-hydrogen) atoms. The molecular weight excluding hydrogens is 467 g/mol. The zero-order valence-electron chi connectivity index (χ0n) is 16.7. The fourth-order valence-electron chi connectivity index (χ4n) is 3.08. The largest absolute Gasteiger partial charge is 0.379 e. The maximum Gasteiger partial charge on any atom is 0.191 e. The number of nitrogens with one attached hydrogen (secondary N) is 2. The molecule has 1 saturated heterocycles. The molecule has 2 N–H and O–H groups in total. The fourth-order valence-corrected chi connectivity index (χ4v) is 3.08. The number of ether oxygens (including phenoxy) is 1. The van der Waals surface area contributed by atoms with E-state index in [4.69, 9.17) is 9.73 Å². The third kappa shape index (κ3) is 6.75. The van der Waals surface area contributed by atoms with E-state index in [0.29, 0.717) is 12.6 Å². The number of morpholine rings is 1. The van der Waals surface area contributed by atoms with E-state index in [1.807, 2.05) is 16.9 Å². The Hall–Kier alpha value is -1.65. The van der Waals surface area contributed by atoms with Crippen molar-refractivity contribution in [2.24, 2.45) is 4.99 Å². The van der Waals surface area contributed by atoms with Crippen molar-refractivity contribution in [2.45, 2.75) is 26.4 Å². The number of rotatable bonds is 7. The van der Waals surface area contributed by atoms with Gasteiger partial charge in [0.2, 0.25) is 0 Å². The van der Waals surface area contributed by atoms with Crippen LogP contribution in [0, 0.1) is 0 Å². The molecule has 2 aromatic rings. The van der Waals surface area contributed by atoms with Gasteiger partial charge in [-0.2, -0.15) is 5.10 Å². The normalized spacial score (nSPS) is 16.3. The Morgan fingerprint density at radius 1 is 1.21 bits per heavy atom. The Kier molecular flexibility index (Phi) is 9.72. The lowest BCUT2D eigenvalue weighted by Gasteiger charge is -2.32. The second-order valence-electron chi connectivity index (χ2n) is 6.69. The number of aromatic nitrogens is 2. The predicted octanol–water partition coefficient (Wildman–Crippen LogP) is 2.27. The summed E-state index contributed by atoms with van der Waals surface area (Å²) in [5, 5.41) is 11.0. The summed E-state index contributed by atoms with van der Waals surface area (Å²) < 4.78 is 7.28. The van der Waals surface area contributed by atoms with Crippen molar-refractivity contribution in [2.75, 3.05) is 39.4 Å². The molecule has 1 atom stereocenters. The van der Waals surface area contributed by atoms with Crippen molar-refractivity contribution >= 4 is 29.9 Å². The molecule has 1 fully saturated rings. The van der Waals surface area contributed by atoms with Crippen LogP contribution < -0.4 is 10.6 Å². The predicted molar refractivity (Wildman–Crippen MR) is 124 cm³/mol. The topological polar surface area (TPSA) is 66.7 Å². The van der Waals surface area contributed by atoms with Gasteiger partial charge in [-0.15, -0.1) is 24.0 Å². The summed E-state index contributed by atoms with van der Waals surface area (Å²) >= 11 is 0. The lowest BCUT2D eigenvalue weighted by molar-refractivity contribution is 0.0211. The molecular formula is C20H31IN6O. The zero-order chi connectivity index (χ0) is 18.9. The first kappa shape index (κ1) is 22.6. The molecule has 1 unspecified atom stereocenters. The van der Waals surface area contributed by atoms with Crippen LogP contribution in [-0.4, -0.2) is 66.1 Å². The van der Waals surface area contributed by atoms with Gasteiger partial charge in [-0.1, -0.05) is 12.1 Å². The first-order valence-corrected chi connectivity index (χ1v) is 9.69. The van der Waals surface area contributed by atoms with Gasteiger partial charge in [0, 0.05) is 44.6 Å². The van der Waals surface area contributed by atoms with Gasteiger partial charge in [0.15, 0.2) is 5.96 Å². The molecule has 154 valence electrons. The summed E-state index contributed by atoms with van der Waals surface area (Å²) in [5.74, 6) is 0.855. The molecule has 7 nitrogen and oxygen atoms in total. The van der Waals surface area contributed by atoms with Crippen LogP contribution >= 0.6 is 24.0 Å². The van der Waals surface area contributed by atoms with Crippen molar-refractivity contribution in [3.05, 3.63) is 48.3 Å². The maximum absolute atomic E-state index is 5.43. The fraction of sp³-hybridized carbons (Fsp3) is 0.500. The van der Waals surface area contributed by atoms with Gasteiger partial charge in [0.25, 0.3) is 0 Å². The second kappa shape index (κ2) is 12.0. The maximum atomic E-state index is 5.43. The van der Waals surface area contributed by atoms with Gasteiger partial charge >= 0.3 is 0 Å². The summed E-state index contributed by atoms with van der Waals surface area (Å²) in [6.45, 7) is 10.3. The van der Waals surface area contributed by atoms with Gasteiger partial charge in [-0.3, -0.25) is 4.90 Å². The SMILES string of the molecule is CCNC(=NCc1ccc(-n2cccn2)cc1)NCC(C)N1CCOCC1.I. The van der Waals surface area contributed by atoms with Crippen LogP contribution in [-0.2, 0) is 11.3 Å². The van der Waals surface area contributed by atoms with Crippen LogP contribution in [0.2, 0.25) is 0 Å². The molecule has 0 radical (unpaired) electrons. The van der Waals surface area contributed by atoms with E-state index in [-0.39, 0.29) is 24.0 Å². The summed E-state index contributed by atoms with van der Waals surface area (Å²) in [4.78, 5) is 7.17. The van der Waals surface area contributed by atoms with Gasteiger partial charge in [-0.05, 0) is 37.6 Å². The molecule has 0 bridgehead atoms. The van der Waals surface area contributed by atoms with E-state index >= 15 is 0 Å². The number of halogens is 1. The van der Waals surface area contributed by atoms with Crippen molar-refractivity contribution in [1.82, 2.24) is 25.3 Å². The number of aliphatic imine (C=N–C) groups is 1. The van der Waals surface area contributed by atoms with Crippen molar-refractivity contribution in [3.8, 4) is 5.69 Å². The lowest BCUT2D eigenvalue weighted by Crippen LogP contribution is -2.49. The van der Waals surface area contributed by atoms with E-state index in [1.54, 1.807) is 6.20 Å². The van der Waals surface area contributed by atoms with Crippen LogP contribution in [0.4, 0.5) is 0 Å². The van der Waals surface area contributed by atoms with Crippen LogP contribution in [0.25, 0.3) is 5.69 Å². The van der Waals surface area contributed by atoms with Crippen molar-refractivity contribution < 1.29 is 4.74 Å². The average molecular weight is 498 g/mol. The molecule has 0 aliphatic carbocycles. The summed E-state index contributed by atoms with van der Waals surface area (Å²) in [6, 6.07) is 10.7. The molecule has 0 amide bonds. The number of benzene rings is 1. The highest BCUT2D eigenvalue weighted by molar-refractivity contribution is 14.0. The summed E-state index contributed by atoms with van der Waals surface area (Å²) in [7, 11) is 0. The van der Waals surface area contributed by atoms with E-state index in [1.165, 1.54) is 5.56 Å². The Morgan fingerprint density at radius 2 is 1.96 bits per heavy atom. The van der Waals surface area contributed by atoms with Crippen molar-refractivity contribution in [3.63, 3.8) is 0 Å². The molecule has 0 saturated carbocycles. The molecule has 1 aromatic carbocycles. The van der Waals surface area contributed by atoms with Gasteiger partial charge in [0.05, 0.1) is 25.4 Å². The Labute approximate surface area is 184 Å². The van der Waals surface area contributed by atoms with E-state index in [2.05, 4.69) is 58.7 Å². The van der Waals surface area contributed by atoms with Crippen LogP contribution in [0.3, 0.4) is 0 Å². The summed E-state index contributed by atoms with van der Waals surface area (Å²) in [6.07, 6.45) is 3.72. The van der Waals surface area contributed by atoms with Gasteiger partial charge in [-0.25, -0.2) is 9.67 Å². The first-order chi connectivity index (χ1) is 13.3. The van der Waals surface area contributed by atoms with Crippen molar-refractivity contribution in [1.29, 1.82) is 0 Å². The zero-order valence-corrected chi connectivity index (χ0v) is 19.0. The van der Waals surface area contributed by atoms with E-state index in [9.17, 15) is 0 Å². The second-order valence-corrected chi connectivity index (χ2v) is 6.69. The minimum atomic E-state index is 0. The molecule has 1 aliphatic rings. The Balaban J connectivity index is 0.00000280. The average Bonchev–Trinajstić information content (AvgIpc) is 3.26. The lowest BCUT2D eigenvalue weighted by atomic mass is 10.2. The highest BCUT2D eigenvalue weighted by Gasteiger charge is 2.16. The third-order valence-corrected chi connectivity index (χ3v) is 4.70. The highest BCUT2D eigenvalue weighted by Crippen LogP contribution is 2.09. The Bertz CT molecular complexity index is 698. The van der Waals surface area contributed by atoms with Crippen LogP contribution in [0.5, 0.6) is 0 Å². The van der Waals surface area contributed by atoms with E-state index < -0.39 is 0 Å². The molecule has 8 heteroatoms. The monoisotopic (exact) mass is 498 g/mol. The quantitative estimate of drug-likeness (QED) is 0.349. The number of nitrogens with zero attached hydrogens (tertiary/aromatic N) is 4. The molecule has 1 aromatic heterocycles. The number of hydrogen-bond donors (Lipinski definition) is 2. The Morgan fingerprint density at radius 3 is 2.61 bits per heavy atom. The smallest absolute Gasteiger partial charge is 0.191 e. The van der Waals surface area contributed by atoms with Gasteiger partial charge < -0.3 is 15.4 Å². The number of hydrogen-bond acceptors (Lipinski definition) is 4. The minimum Gasteiger partial charge on any atom is -0.379 e. The van der Waals surface area contributed by atoms with Crippen LogP contribution in [0.15, 0.2) is 47.7 Å². The van der Waals surface area contributed by atoms with Crippen LogP contribution in [0.1, 0.15) is 19.4 Å². The number of guanidine groups is 1. The minimum absolute atomic E-state index is 0. The molecule has 3 rings (SSSR count). The molecule has 1 aliphatic heterocycles. The third-order valence-electron chi connectivity index (χ3n) is 4.70. The summed E-state index contributed by atoms with van der Waals surface area (Å²) in [5.41, 5.74) is 2.22. The first-order valence-electron chi connectivity index (χ1n) is 9.69.